The van der Waals surface area contributed by atoms with Crippen molar-refractivity contribution in [2.45, 2.75) is 18.9 Å². The number of aromatic nitrogens is 3. The van der Waals surface area contributed by atoms with Crippen molar-refractivity contribution in [2.75, 3.05) is 0 Å². The number of hydrogen-bond acceptors (Lipinski definition) is 4. The topological polar surface area (TPSA) is 43.1 Å². The van der Waals surface area contributed by atoms with Crippen molar-refractivity contribution >= 4 is 23.0 Å². The molecule has 0 radical (unpaired) electrons. The van der Waals surface area contributed by atoms with Crippen molar-refractivity contribution in [3.63, 3.8) is 0 Å². The van der Waals surface area contributed by atoms with E-state index >= 15 is 0 Å². The van der Waals surface area contributed by atoms with E-state index in [-0.39, 0.29) is 6.04 Å². The molecule has 3 heterocycles. The van der Waals surface area contributed by atoms with Gasteiger partial charge in [0.2, 0.25) is 5.95 Å². The minimum absolute atomic E-state index is 0.221. The molecule has 1 aliphatic heterocycles. The van der Waals surface area contributed by atoms with Gasteiger partial charge in [0, 0.05) is 10.8 Å². The first-order chi connectivity index (χ1) is 10.9. The fraction of sp³-hybridized carbons (Fsp3) is 0.235. The molecule has 0 bridgehead atoms. The van der Waals surface area contributed by atoms with Crippen LogP contribution in [0.1, 0.15) is 28.5 Å². The Kier molecular flexibility index (Phi) is 2.58. The van der Waals surface area contributed by atoms with Crippen LogP contribution in [0.5, 0.6) is 0 Å². The summed E-state index contributed by atoms with van der Waals surface area (Å²) in [6.45, 7) is 0. The molecule has 0 N–H and O–H groups in total. The molecule has 108 valence electrons. The van der Waals surface area contributed by atoms with Gasteiger partial charge in [0.05, 0.1) is 11.8 Å². The number of fused-ring (bicyclic) bond motifs is 4. The smallest absolute Gasteiger partial charge is 0.221 e. The van der Waals surface area contributed by atoms with Crippen molar-refractivity contribution in [1.29, 1.82) is 0 Å². The second-order valence-corrected chi connectivity index (χ2v) is 6.74. The van der Waals surface area contributed by atoms with Gasteiger partial charge in [-0.25, -0.2) is 9.67 Å². The monoisotopic (exact) mass is 306 g/mol. The van der Waals surface area contributed by atoms with Crippen LogP contribution in [0.25, 0.3) is 0 Å². The van der Waals surface area contributed by atoms with E-state index in [2.05, 4.69) is 51.9 Å². The van der Waals surface area contributed by atoms with Crippen LogP contribution in [0.3, 0.4) is 0 Å². The predicted molar refractivity (Wildman–Crippen MR) is 86.9 cm³/mol. The molecule has 4 nitrogen and oxygen atoms in total. The molecule has 1 aliphatic carbocycles. The van der Waals surface area contributed by atoms with Gasteiger partial charge in [-0.2, -0.15) is 10.1 Å². The molecule has 0 fully saturated rings. The number of rotatable bonds is 1. The van der Waals surface area contributed by atoms with E-state index in [0.29, 0.717) is 5.92 Å². The predicted octanol–water partition coefficient (Wildman–Crippen LogP) is 3.63. The van der Waals surface area contributed by atoms with Gasteiger partial charge in [-0.15, -0.1) is 11.3 Å². The molecule has 5 rings (SSSR count). The SMILES string of the molecule is c1csc(C2C3CCc4ccccc4C3=Nc3ncnn32)c1. The highest BCUT2D eigenvalue weighted by Gasteiger charge is 2.39. The maximum Gasteiger partial charge on any atom is 0.248 e. The Morgan fingerprint density at radius 2 is 2.09 bits per heavy atom. The highest BCUT2D eigenvalue weighted by Crippen LogP contribution is 2.43. The second kappa shape index (κ2) is 4.61. The molecule has 1 aromatic carbocycles. The summed E-state index contributed by atoms with van der Waals surface area (Å²) in [6, 6.07) is 13.2. The van der Waals surface area contributed by atoms with E-state index in [4.69, 9.17) is 4.99 Å². The average Bonchev–Trinajstić information content (AvgIpc) is 3.24. The molecular weight excluding hydrogens is 292 g/mol. The molecule has 2 unspecified atom stereocenters. The molecule has 3 aromatic rings. The summed E-state index contributed by atoms with van der Waals surface area (Å²) in [5, 5.41) is 6.58. The normalized spacial score (nSPS) is 22.5. The summed E-state index contributed by atoms with van der Waals surface area (Å²) in [6.07, 6.45) is 3.83. The number of aryl methyl sites for hydroxylation is 1. The van der Waals surface area contributed by atoms with Crippen LogP contribution in [0, 0.1) is 5.92 Å². The van der Waals surface area contributed by atoms with Crippen LogP contribution >= 0.6 is 11.3 Å². The lowest BCUT2D eigenvalue weighted by Gasteiger charge is -2.35. The summed E-state index contributed by atoms with van der Waals surface area (Å²) in [5.41, 5.74) is 3.87. The maximum absolute atomic E-state index is 4.84. The van der Waals surface area contributed by atoms with E-state index in [9.17, 15) is 0 Å². The zero-order chi connectivity index (χ0) is 14.5. The quantitative estimate of drug-likeness (QED) is 0.689. The zero-order valence-electron chi connectivity index (χ0n) is 11.9. The zero-order valence-corrected chi connectivity index (χ0v) is 12.7. The van der Waals surface area contributed by atoms with Crippen LogP contribution in [0.15, 0.2) is 53.1 Å². The van der Waals surface area contributed by atoms with Gasteiger partial charge in [-0.1, -0.05) is 30.3 Å². The van der Waals surface area contributed by atoms with Crippen LogP contribution in [-0.2, 0) is 6.42 Å². The minimum atomic E-state index is 0.221. The Morgan fingerprint density at radius 1 is 1.14 bits per heavy atom. The average molecular weight is 306 g/mol. The molecule has 2 atom stereocenters. The first-order valence-electron chi connectivity index (χ1n) is 7.51. The molecule has 22 heavy (non-hydrogen) atoms. The van der Waals surface area contributed by atoms with Crippen molar-refractivity contribution in [3.05, 3.63) is 64.1 Å². The van der Waals surface area contributed by atoms with Crippen LogP contribution < -0.4 is 0 Å². The minimum Gasteiger partial charge on any atom is -0.221 e. The molecule has 0 amide bonds. The Labute approximate surface area is 132 Å². The van der Waals surface area contributed by atoms with E-state index < -0.39 is 0 Å². The van der Waals surface area contributed by atoms with Crippen LogP contribution in [-0.4, -0.2) is 20.5 Å². The summed E-state index contributed by atoms with van der Waals surface area (Å²) < 4.78 is 1.99. The Bertz CT molecular complexity index is 862. The Hall–Kier alpha value is -2.27. The van der Waals surface area contributed by atoms with Gasteiger partial charge in [0.1, 0.15) is 6.33 Å². The van der Waals surface area contributed by atoms with E-state index in [1.807, 2.05) is 4.68 Å². The highest BCUT2D eigenvalue weighted by atomic mass is 32.1. The molecule has 0 saturated heterocycles. The first kappa shape index (κ1) is 12.3. The lowest BCUT2D eigenvalue weighted by molar-refractivity contribution is 0.403. The number of nitrogens with zero attached hydrogens (tertiary/aromatic N) is 4. The van der Waals surface area contributed by atoms with Gasteiger partial charge in [0.25, 0.3) is 0 Å². The lowest BCUT2D eigenvalue weighted by atomic mass is 9.77. The van der Waals surface area contributed by atoms with Gasteiger partial charge in [-0.05, 0) is 35.4 Å². The lowest BCUT2D eigenvalue weighted by Crippen LogP contribution is -2.35. The second-order valence-electron chi connectivity index (χ2n) is 5.76. The third-order valence-electron chi connectivity index (χ3n) is 4.62. The summed E-state index contributed by atoms with van der Waals surface area (Å²) in [7, 11) is 0. The maximum atomic E-state index is 4.84. The molecule has 0 saturated carbocycles. The number of aliphatic imine (C=N–C) groups is 1. The van der Waals surface area contributed by atoms with Crippen LogP contribution in [0.2, 0.25) is 0 Å². The summed E-state index contributed by atoms with van der Waals surface area (Å²) in [5.74, 6) is 1.10. The molecular formula is C17H14N4S. The fourth-order valence-corrected chi connectivity index (χ4v) is 4.54. The molecule has 5 heteroatoms. The van der Waals surface area contributed by atoms with Gasteiger partial charge in [-0.3, -0.25) is 0 Å². The highest BCUT2D eigenvalue weighted by molar-refractivity contribution is 7.10. The molecule has 2 aliphatic rings. The van der Waals surface area contributed by atoms with Crippen molar-refractivity contribution < 1.29 is 0 Å². The number of thiophene rings is 1. The Morgan fingerprint density at radius 3 is 3.00 bits per heavy atom. The van der Waals surface area contributed by atoms with Crippen molar-refractivity contribution in [1.82, 2.24) is 14.8 Å². The van der Waals surface area contributed by atoms with E-state index in [1.165, 1.54) is 21.7 Å². The van der Waals surface area contributed by atoms with Crippen LogP contribution in [0.4, 0.5) is 5.95 Å². The van der Waals surface area contributed by atoms with E-state index in [1.54, 1.807) is 17.7 Å². The molecule has 0 spiro atoms. The number of benzene rings is 1. The van der Waals surface area contributed by atoms with Crippen molar-refractivity contribution in [2.24, 2.45) is 10.9 Å². The third kappa shape index (κ3) is 1.66. The van der Waals surface area contributed by atoms with E-state index in [0.717, 1.165) is 18.8 Å². The van der Waals surface area contributed by atoms with Gasteiger partial charge < -0.3 is 0 Å². The summed E-state index contributed by atoms with van der Waals surface area (Å²) >= 11 is 1.79. The number of hydrogen-bond donors (Lipinski definition) is 0. The molecule has 2 aromatic heterocycles. The standard InChI is InChI=1S/C17H14N4S/c1-2-5-12-11(4-1)7-8-13-15(12)20-17-18-10-19-21(17)16(13)14-6-3-9-22-14/h1-6,9-10,13,16H,7-8H2. The van der Waals surface area contributed by atoms with Gasteiger partial charge in [0.15, 0.2) is 0 Å². The first-order valence-corrected chi connectivity index (χ1v) is 8.39. The summed E-state index contributed by atoms with van der Waals surface area (Å²) in [4.78, 5) is 10.5. The van der Waals surface area contributed by atoms with Gasteiger partial charge >= 0.3 is 0 Å². The van der Waals surface area contributed by atoms with Crippen molar-refractivity contribution in [3.8, 4) is 0 Å². The Balaban J connectivity index is 1.74. The fourth-order valence-electron chi connectivity index (χ4n) is 3.66. The largest absolute Gasteiger partial charge is 0.248 e. The third-order valence-corrected chi connectivity index (χ3v) is 5.57.